The normalized spacial score (nSPS) is 18.3. The minimum absolute atomic E-state index is 0.0979. The number of fused-ring (bicyclic) bond motifs is 2. The lowest BCUT2D eigenvalue weighted by Crippen LogP contribution is -2.31. The maximum Gasteiger partial charge on any atom is 0.321 e. The Morgan fingerprint density at radius 2 is 1.76 bits per heavy atom. The van der Waals surface area contributed by atoms with Crippen LogP contribution in [0.1, 0.15) is 47.2 Å². The Labute approximate surface area is 146 Å². The van der Waals surface area contributed by atoms with Crippen LogP contribution in [0.5, 0.6) is 0 Å². The fraction of sp³-hybridized carbons (Fsp3) is 0.250. The summed E-state index contributed by atoms with van der Waals surface area (Å²) in [6.45, 7) is 4.00. The molecule has 3 aromatic rings. The molecule has 0 radical (unpaired) electrons. The lowest BCUT2D eigenvalue weighted by molar-refractivity contribution is -0.144. The average Bonchev–Trinajstić information content (AvgIpc) is 3.00. The smallest absolute Gasteiger partial charge is 0.321 e. The Hall–Kier alpha value is -2.95. The molecule has 1 aliphatic rings. The number of nitrogens with zero attached hydrogens (tertiary/aromatic N) is 3. The zero-order valence-electron chi connectivity index (χ0n) is 14.2. The van der Waals surface area contributed by atoms with Crippen molar-refractivity contribution in [2.45, 2.75) is 25.8 Å². The van der Waals surface area contributed by atoms with Crippen molar-refractivity contribution in [3.8, 4) is 0 Å². The number of esters is 1. The van der Waals surface area contributed by atoms with Gasteiger partial charge in [0.05, 0.1) is 6.61 Å². The highest BCUT2D eigenvalue weighted by Gasteiger charge is 2.39. The van der Waals surface area contributed by atoms with Gasteiger partial charge in [0.2, 0.25) is 0 Å². The van der Waals surface area contributed by atoms with Gasteiger partial charge in [0.1, 0.15) is 23.6 Å². The van der Waals surface area contributed by atoms with Gasteiger partial charge in [-0.3, -0.25) is 4.79 Å². The minimum Gasteiger partial charge on any atom is -0.465 e. The van der Waals surface area contributed by atoms with E-state index >= 15 is 0 Å². The van der Waals surface area contributed by atoms with Gasteiger partial charge in [-0.15, -0.1) is 0 Å². The topological polar surface area (TPSA) is 57.0 Å². The maximum atomic E-state index is 12.7. The van der Waals surface area contributed by atoms with E-state index in [1.165, 1.54) is 0 Å². The van der Waals surface area contributed by atoms with Gasteiger partial charge in [0, 0.05) is 0 Å². The second-order valence-corrected chi connectivity index (χ2v) is 6.09. The summed E-state index contributed by atoms with van der Waals surface area (Å²) < 4.78 is 7.19. The van der Waals surface area contributed by atoms with Gasteiger partial charge in [-0.05, 0) is 30.5 Å². The highest BCUT2D eigenvalue weighted by molar-refractivity contribution is 5.82. The van der Waals surface area contributed by atoms with E-state index in [4.69, 9.17) is 4.74 Å². The lowest BCUT2D eigenvalue weighted by atomic mass is 9.84. The van der Waals surface area contributed by atoms with E-state index in [2.05, 4.69) is 28.3 Å². The zero-order chi connectivity index (χ0) is 17.4. The van der Waals surface area contributed by atoms with Crippen LogP contribution >= 0.6 is 0 Å². The van der Waals surface area contributed by atoms with Gasteiger partial charge < -0.3 is 4.74 Å². The molecule has 0 spiro atoms. The third-order valence-electron chi connectivity index (χ3n) is 4.51. The number of hydrogen-bond donors (Lipinski definition) is 0. The van der Waals surface area contributed by atoms with Crippen LogP contribution in [-0.4, -0.2) is 27.3 Å². The molecule has 0 aliphatic carbocycles. The van der Waals surface area contributed by atoms with Gasteiger partial charge in [-0.2, -0.15) is 5.10 Å². The number of aromatic nitrogens is 3. The minimum atomic E-state index is -0.544. The molecular formula is C20H19N3O2. The predicted octanol–water partition coefficient (Wildman–Crippen LogP) is 3.23. The third-order valence-corrected chi connectivity index (χ3v) is 4.51. The van der Waals surface area contributed by atoms with Gasteiger partial charge in [0.15, 0.2) is 0 Å². The molecule has 0 unspecified atom stereocenters. The summed E-state index contributed by atoms with van der Waals surface area (Å²) in [5, 5.41) is 4.60. The molecule has 0 saturated heterocycles. The molecule has 2 heterocycles. The molecule has 4 rings (SSSR count). The summed E-state index contributed by atoms with van der Waals surface area (Å²) in [5.41, 5.74) is 3.11. The summed E-state index contributed by atoms with van der Waals surface area (Å²) in [7, 11) is 0. The van der Waals surface area contributed by atoms with Gasteiger partial charge in [-0.25, -0.2) is 9.67 Å². The van der Waals surface area contributed by atoms with Gasteiger partial charge >= 0.3 is 5.97 Å². The summed E-state index contributed by atoms with van der Waals surface area (Å²) in [6, 6.07) is 18.1. The van der Waals surface area contributed by atoms with Crippen LogP contribution < -0.4 is 0 Å². The molecule has 0 fully saturated rings. The number of aryl methyl sites for hydroxylation is 1. The highest BCUT2D eigenvalue weighted by atomic mass is 16.5. The first-order valence-electron chi connectivity index (χ1n) is 8.44. The molecule has 5 nitrogen and oxygen atoms in total. The predicted molar refractivity (Wildman–Crippen MR) is 93.4 cm³/mol. The molecule has 1 aromatic heterocycles. The zero-order valence-corrected chi connectivity index (χ0v) is 14.2. The van der Waals surface area contributed by atoms with Crippen molar-refractivity contribution in [2.24, 2.45) is 0 Å². The van der Waals surface area contributed by atoms with Crippen LogP contribution in [-0.2, 0) is 9.53 Å². The highest BCUT2D eigenvalue weighted by Crippen LogP contribution is 2.41. The van der Waals surface area contributed by atoms with Crippen LogP contribution in [0, 0.1) is 6.92 Å². The first kappa shape index (κ1) is 15.6. The quantitative estimate of drug-likeness (QED) is 0.691. The summed E-state index contributed by atoms with van der Waals surface area (Å²) in [4.78, 5) is 17.2. The van der Waals surface area contributed by atoms with Crippen molar-refractivity contribution in [1.29, 1.82) is 0 Å². The standard InChI is InChI=1S/C20H19N3O2/c1-3-25-20(24)17-15-11-7-8-12-16(15)18(14-9-5-4-6-10-14)23-19(17)21-13(2)22-23/h4-12,17-18H,3H2,1-2H3/t17-,18-/m0/s1. The molecule has 1 aliphatic heterocycles. The van der Waals surface area contributed by atoms with Crippen molar-refractivity contribution in [1.82, 2.24) is 14.8 Å². The molecule has 2 aromatic carbocycles. The van der Waals surface area contributed by atoms with Crippen LogP contribution in [0.15, 0.2) is 54.6 Å². The molecule has 0 N–H and O–H groups in total. The molecule has 126 valence electrons. The number of carbonyl (C=O) groups excluding carboxylic acids is 1. The van der Waals surface area contributed by atoms with E-state index < -0.39 is 5.92 Å². The van der Waals surface area contributed by atoms with E-state index in [9.17, 15) is 4.79 Å². The number of hydrogen-bond acceptors (Lipinski definition) is 4. The average molecular weight is 333 g/mol. The first-order chi connectivity index (χ1) is 12.2. The molecule has 0 saturated carbocycles. The molecular weight excluding hydrogens is 314 g/mol. The SMILES string of the molecule is CCOC(=O)[C@H]1c2ccccc2[C@H](c2ccccc2)n2nc(C)nc21. The Kier molecular flexibility index (Phi) is 3.84. The Morgan fingerprint density at radius 3 is 2.48 bits per heavy atom. The Morgan fingerprint density at radius 1 is 1.08 bits per heavy atom. The van der Waals surface area contributed by atoms with E-state index in [1.807, 2.05) is 54.9 Å². The Balaban J connectivity index is 1.96. The molecule has 0 bridgehead atoms. The van der Waals surface area contributed by atoms with Crippen molar-refractivity contribution in [2.75, 3.05) is 6.61 Å². The van der Waals surface area contributed by atoms with Crippen molar-refractivity contribution in [3.05, 3.63) is 82.9 Å². The monoisotopic (exact) mass is 333 g/mol. The molecule has 25 heavy (non-hydrogen) atoms. The molecule has 0 amide bonds. The first-order valence-corrected chi connectivity index (χ1v) is 8.44. The second-order valence-electron chi connectivity index (χ2n) is 6.09. The fourth-order valence-electron chi connectivity index (χ4n) is 3.54. The molecule has 5 heteroatoms. The summed E-state index contributed by atoms with van der Waals surface area (Å²) in [5.74, 6) is 0.467. The Bertz CT molecular complexity index is 918. The van der Waals surface area contributed by atoms with E-state index in [0.29, 0.717) is 18.3 Å². The molecule has 2 atom stereocenters. The van der Waals surface area contributed by atoms with Crippen LogP contribution in [0.3, 0.4) is 0 Å². The van der Waals surface area contributed by atoms with Crippen LogP contribution in [0.25, 0.3) is 0 Å². The van der Waals surface area contributed by atoms with Crippen molar-refractivity contribution >= 4 is 5.97 Å². The summed E-state index contributed by atoms with van der Waals surface area (Å²) in [6.07, 6.45) is 0. The van der Waals surface area contributed by atoms with Crippen LogP contribution in [0.2, 0.25) is 0 Å². The number of carbonyl (C=O) groups is 1. The maximum absolute atomic E-state index is 12.7. The van der Waals surface area contributed by atoms with E-state index in [-0.39, 0.29) is 12.0 Å². The lowest BCUT2D eigenvalue weighted by Gasteiger charge is -2.31. The largest absolute Gasteiger partial charge is 0.465 e. The van der Waals surface area contributed by atoms with E-state index in [1.54, 1.807) is 0 Å². The second kappa shape index (κ2) is 6.16. The van der Waals surface area contributed by atoms with Crippen molar-refractivity contribution < 1.29 is 9.53 Å². The van der Waals surface area contributed by atoms with Gasteiger partial charge in [0.25, 0.3) is 0 Å². The fourth-order valence-corrected chi connectivity index (χ4v) is 3.54. The third kappa shape index (κ3) is 2.52. The number of benzene rings is 2. The van der Waals surface area contributed by atoms with Crippen molar-refractivity contribution in [3.63, 3.8) is 0 Å². The van der Waals surface area contributed by atoms with Crippen LogP contribution in [0.4, 0.5) is 0 Å². The van der Waals surface area contributed by atoms with Gasteiger partial charge in [-0.1, -0.05) is 54.6 Å². The summed E-state index contributed by atoms with van der Waals surface area (Å²) >= 11 is 0. The van der Waals surface area contributed by atoms with E-state index in [0.717, 1.165) is 16.7 Å². The number of ether oxygens (including phenoxy) is 1. The number of rotatable bonds is 3.